The summed E-state index contributed by atoms with van der Waals surface area (Å²) < 4.78 is 4.78. The zero-order chi connectivity index (χ0) is 34.6. The van der Waals surface area contributed by atoms with E-state index in [9.17, 15) is 5.26 Å². The fourth-order valence-corrected chi connectivity index (χ4v) is 8.40. The first-order valence-electron chi connectivity index (χ1n) is 17.1. The molecule has 0 unspecified atom stereocenters. The first-order valence-corrected chi connectivity index (χ1v) is 17.9. The molecule has 0 aliphatic heterocycles. The highest BCUT2D eigenvalue weighted by atomic mass is 32.1. The number of nitrogens with zero attached hydrogens (tertiary/aromatic N) is 5. The smallest absolute Gasteiger partial charge is 0.164 e. The predicted molar refractivity (Wildman–Crippen MR) is 214 cm³/mol. The monoisotopic (exact) mass is 681 g/mol. The second-order valence-electron chi connectivity index (χ2n) is 12.7. The molecule has 5 nitrogen and oxygen atoms in total. The van der Waals surface area contributed by atoms with Gasteiger partial charge in [-0.15, -0.1) is 11.3 Å². The summed E-state index contributed by atoms with van der Waals surface area (Å²) in [5, 5.41) is 15.1. The molecule has 10 aromatic rings. The molecule has 0 radical (unpaired) electrons. The van der Waals surface area contributed by atoms with Crippen LogP contribution in [0.15, 0.2) is 164 Å². The van der Waals surface area contributed by atoms with Crippen molar-refractivity contribution in [3.8, 4) is 57.0 Å². The van der Waals surface area contributed by atoms with Gasteiger partial charge < -0.3 is 4.57 Å². The van der Waals surface area contributed by atoms with Crippen LogP contribution >= 0.6 is 11.3 Å². The Kier molecular flexibility index (Phi) is 6.98. The summed E-state index contributed by atoms with van der Waals surface area (Å²) in [6.45, 7) is 0. The van der Waals surface area contributed by atoms with Crippen LogP contribution in [-0.4, -0.2) is 19.5 Å². The number of para-hydroxylation sites is 1. The fourth-order valence-electron chi connectivity index (χ4n) is 7.31. The molecule has 7 aromatic carbocycles. The number of aromatic nitrogens is 4. The van der Waals surface area contributed by atoms with Crippen LogP contribution in [-0.2, 0) is 0 Å². The van der Waals surface area contributed by atoms with Gasteiger partial charge in [0.25, 0.3) is 0 Å². The molecule has 0 atom stereocenters. The van der Waals surface area contributed by atoms with Crippen molar-refractivity contribution in [3.63, 3.8) is 0 Å². The van der Waals surface area contributed by atoms with Gasteiger partial charge in [0.1, 0.15) is 0 Å². The number of rotatable bonds is 5. The molecule has 0 saturated heterocycles. The van der Waals surface area contributed by atoms with Crippen LogP contribution in [0.4, 0.5) is 0 Å². The summed E-state index contributed by atoms with van der Waals surface area (Å²) in [6, 6.07) is 58.6. The summed E-state index contributed by atoms with van der Waals surface area (Å²) >= 11 is 1.80. The SMILES string of the molecule is N#Cc1cccc(-n2c3ccccc3c3cc(-c4nc(-c5ccccc5)nc(-c5ccccc5)n4)ccc32)c1-c1ccc2sc3ccccc3c2c1. The molecule has 0 saturated carbocycles. The molecular formula is C46H27N5S. The third-order valence-corrected chi connectivity index (χ3v) is 10.9. The van der Waals surface area contributed by atoms with Gasteiger partial charge in [-0.3, -0.25) is 0 Å². The zero-order valence-electron chi connectivity index (χ0n) is 27.7. The van der Waals surface area contributed by atoms with E-state index in [1.807, 2.05) is 72.8 Å². The second kappa shape index (κ2) is 12.1. The van der Waals surface area contributed by atoms with Crippen molar-refractivity contribution >= 4 is 53.3 Å². The highest BCUT2D eigenvalue weighted by Gasteiger charge is 2.20. The summed E-state index contributed by atoms with van der Waals surface area (Å²) in [7, 11) is 0. The largest absolute Gasteiger partial charge is 0.309 e. The van der Waals surface area contributed by atoms with E-state index in [-0.39, 0.29) is 0 Å². The Morgan fingerprint density at radius 1 is 0.442 bits per heavy atom. The highest BCUT2D eigenvalue weighted by Crippen LogP contribution is 2.41. The van der Waals surface area contributed by atoms with Crippen molar-refractivity contribution in [2.75, 3.05) is 0 Å². The van der Waals surface area contributed by atoms with Gasteiger partial charge >= 0.3 is 0 Å². The first kappa shape index (κ1) is 29.9. The molecule has 0 aliphatic carbocycles. The summed E-state index contributed by atoms with van der Waals surface area (Å²) in [4.78, 5) is 14.9. The Morgan fingerprint density at radius 3 is 1.75 bits per heavy atom. The first-order chi connectivity index (χ1) is 25.7. The van der Waals surface area contributed by atoms with Crippen LogP contribution in [0.2, 0.25) is 0 Å². The van der Waals surface area contributed by atoms with Gasteiger partial charge in [0.05, 0.1) is 28.4 Å². The van der Waals surface area contributed by atoms with Crippen LogP contribution in [0, 0.1) is 11.3 Å². The van der Waals surface area contributed by atoms with Crippen LogP contribution in [0.25, 0.3) is 93.0 Å². The van der Waals surface area contributed by atoms with Crippen molar-refractivity contribution in [1.82, 2.24) is 19.5 Å². The maximum absolute atomic E-state index is 10.5. The van der Waals surface area contributed by atoms with Crippen LogP contribution < -0.4 is 0 Å². The van der Waals surface area contributed by atoms with E-state index in [0.717, 1.165) is 55.3 Å². The lowest BCUT2D eigenvalue weighted by atomic mass is 9.96. The lowest BCUT2D eigenvalue weighted by Crippen LogP contribution is -2.00. The molecular weight excluding hydrogens is 655 g/mol. The van der Waals surface area contributed by atoms with E-state index in [0.29, 0.717) is 23.0 Å². The van der Waals surface area contributed by atoms with Gasteiger partial charge in [0.15, 0.2) is 17.5 Å². The standard InChI is InChI=1S/C46H27N5S/c47-28-33-16-11-20-40(43(33)31-23-25-42-37(26-31)35-18-8-10-21-41(35)52-42)51-38-19-9-7-17-34(38)36-27-32(22-24-39(36)51)46-49-44(29-12-3-1-4-13-29)48-45(50-46)30-14-5-2-6-15-30/h1-27H. The second-order valence-corrected chi connectivity index (χ2v) is 13.8. The molecule has 10 rings (SSSR count). The number of benzene rings is 7. The molecule has 52 heavy (non-hydrogen) atoms. The van der Waals surface area contributed by atoms with Gasteiger partial charge in [0, 0.05) is 53.2 Å². The molecule has 0 fully saturated rings. The summed E-state index contributed by atoms with van der Waals surface area (Å²) in [5.41, 5.74) is 8.35. The lowest BCUT2D eigenvalue weighted by molar-refractivity contribution is 1.07. The maximum Gasteiger partial charge on any atom is 0.164 e. The fraction of sp³-hybridized carbons (Fsp3) is 0. The average Bonchev–Trinajstić information content (AvgIpc) is 3.76. The number of hydrogen-bond acceptors (Lipinski definition) is 5. The van der Waals surface area contributed by atoms with E-state index in [1.165, 1.54) is 20.2 Å². The molecule has 0 bridgehead atoms. The summed E-state index contributed by atoms with van der Waals surface area (Å²) in [5.74, 6) is 1.86. The minimum atomic E-state index is 0.606. The number of hydrogen-bond donors (Lipinski definition) is 0. The van der Waals surface area contributed by atoms with E-state index in [1.54, 1.807) is 11.3 Å². The topological polar surface area (TPSA) is 67.4 Å². The minimum Gasteiger partial charge on any atom is -0.309 e. The molecule has 6 heteroatoms. The van der Waals surface area contributed by atoms with Gasteiger partial charge in [-0.1, -0.05) is 109 Å². The Hall–Kier alpha value is -6.94. The molecule has 3 heterocycles. The minimum absolute atomic E-state index is 0.606. The third-order valence-electron chi connectivity index (χ3n) is 9.70. The Balaban J connectivity index is 1.19. The molecule has 0 aliphatic rings. The third kappa shape index (κ3) is 4.87. The van der Waals surface area contributed by atoms with Crippen LogP contribution in [0.5, 0.6) is 0 Å². The van der Waals surface area contributed by atoms with Crippen molar-refractivity contribution < 1.29 is 0 Å². The van der Waals surface area contributed by atoms with E-state index < -0.39 is 0 Å². The van der Waals surface area contributed by atoms with Gasteiger partial charge in [0.2, 0.25) is 0 Å². The van der Waals surface area contributed by atoms with E-state index in [2.05, 4.69) is 102 Å². The van der Waals surface area contributed by atoms with Crippen LogP contribution in [0.1, 0.15) is 5.56 Å². The highest BCUT2D eigenvalue weighted by molar-refractivity contribution is 7.25. The summed E-state index contributed by atoms with van der Waals surface area (Å²) in [6.07, 6.45) is 0. The molecule has 0 amide bonds. The number of thiophene rings is 1. The molecule has 0 N–H and O–H groups in total. The number of fused-ring (bicyclic) bond motifs is 6. The van der Waals surface area contributed by atoms with E-state index >= 15 is 0 Å². The molecule has 242 valence electrons. The van der Waals surface area contributed by atoms with Crippen molar-refractivity contribution in [2.24, 2.45) is 0 Å². The Labute approximate surface area is 303 Å². The average molecular weight is 682 g/mol. The van der Waals surface area contributed by atoms with Gasteiger partial charge in [-0.05, 0) is 60.2 Å². The Bertz CT molecular complexity index is 2970. The number of nitriles is 1. The van der Waals surface area contributed by atoms with Gasteiger partial charge in [-0.25, -0.2) is 15.0 Å². The van der Waals surface area contributed by atoms with Crippen molar-refractivity contribution in [1.29, 1.82) is 5.26 Å². The Morgan fingerprint density at radius 2 is 1.02 bits per heavy atom. The van der Waals surface area contributed by atoms with E-state index in [4.69, 9.17) is 15.0 Å². The maximum atomic E-state index is 10.5. The predicted octanol–water partition coefficient (Wildman–Crippen LogP) is 11.9. The zero-order valence-corrected chi connectivity index (χ0v) is 28.5. The quantitative estimate of drug-likeness (QED) is 0.181. The molecule has 3 aromatic heterocycles. The normalized spacial score (nSPS) is 11.4. The van der Waals surface area contributed by atoms with Crippen molar-refractivity contribution in [3.05, 3.63) is 169 Å². The van der Waals surface area contributed by atoms with Crippen molar-refractivity contribution in [2.45, 2.75) is 0 Å². The van der Waals surface area contributed by atoms with Gasteiger partial charge in [-0.2, -0.15) is 5.26 Å². The molecule has 0 spiro atoms. The lowest BCUT2D eigenvalue weighted by Gasteiger charge is -2.16. The van der Waals surface area contributed by atoms with Crippen LogP contribution in [0.3, 0.4) is 0 Å².